The number of hydrogen-bond donors (Lipinski definition) is 0. The molecule has 0 radical (unpaired) electrons. The van der Waals surface area contributed by atoms with Gasteiger partial charge >= 0.3 is 5.97 Å². The summed E-state index contributed by atoms with van der Waals surface area (Å²) < 4.78 is 5.25. The Kier molecular flexibility index (Phi) is 4.29. The number of amides is 1. The first-order valence-electron chi connectivity index (χ1n) is 7.01. The molecular weight excluding hydrogens is 363 g/mol. The molecule has 0 saturated heterocycles. The Bertz CT molecular complexity index is 720. The summed E-state index contributed by atoms with van der Waals surface area (Å²) in [6.07, 6.45) is 1.20. The predicted molar refractivity (Wildman–Crippen MR) is 87.5 cm³/mol. The lowest BCUT2D eigenvalue weighted by Gasteiger charge is -2.36. The van der Waals surface area contributed by atoms with E-state index in [1.165, 1.54) is 11.1 Å². The summed E-state index contributed by atoms with van der Waals surface area (Å²) in [4.78, 5) is 30.6. The van der Waals surface area contributed by atoms with E-state index < -0.39 is 22.2 Å². The van der Waals surface area contributed by atoms with Gasteiger partial charge in [-0.25, -0.2) is 4.79 Å². The van der Waals surface area contributed by atoms with Crippen LogP contribution < -0.4 is 0 Å². The molecule has 1 aromatic rings. The van der Waals surface area contributed by atoms with E-state index in [1.54, 1.807) is 26.0 Å². The van der Waals surface area contributed by atoms with Gasteiger partial charge in [-0.3, -0.25) is 14.7 Å². The van der Waals surface area contributed by atoms with E-state index in [9.17, 15) is 9.59 Å². The van der Waals surface area contributed by atoms with Crippen molar-refractivity contribution in [3.8, 4) is 0 Å². The van der Waals surface area contributed by atoms with Gasteiger partial charge in [-0.15, -0.1) is 23.2 Å². The molecule has 2 aliphatic heterocycles. The lowest BCUT2D eigenvalue weighted by atomic mass is 10.0. The van der Waals surface area contributed by atoms with Gasteiger partial charge in [-0.2, -0.15) is 0 Å². The molecule has 3 heterocycles. The number of aromatic nitrogens is 1. The first-order chi connectivity index (χ1) is 10.8. The number of nitrogens with zero attached hydrogens (tertiary/aromatic N) is 2. The molecule has 0 saturated carbocycles. The highest BCUT2D eigenvalue weighted by Gasteiger charge is 2.50. The third-order valence-corrected chi connectivity index (χ3v) is 5.31. The van der Waals surface area contributed by atoms with Crippen LogP contribution in [0.1, 0.15) is 29.9 Å². The molecule has 0 fully saturated rings. The highest BCUT2D eigenvalue weighted by molar-refractivity contribution is 6.39. The highest BCUT2D eigenvalue weighted by atomic mass is 35.5. The van der Waals surface area contributed by atoms with Crippen molar-refractivity contribution in [2.45, 2.75) is 36.2 Å². The van der Waals surface area contributed by atoms with Gasteiger partial charge in [0.25, 0.3) is 5.91 Å². The van der Waals surface area contributed by atoms with E-state index >= 15 is 0 Å². The number of fused-ring (bicyclic) bond motifs is 3. The average molecular weight is 376 g/mol. The quantitative estimate of drug-likeness (QED) is 0.453. The molecular formula is C15H13Cl3N2O3. The van der Waals surface area contributed by atoms with Crippen LogP contribution >= 0.6 is 34.8 Å². The number of pyridine rings is 1. The number of alkyl halides is 3. The fourth-order valence-electron chi connectivity index (χ4n) is 2.66. The molecule has 23 heavy (non-hydrogen) atoms. The zero-order chi connectivity index (χ0) is 16.9. The molecule has 0 N–H and O–H groups in total. The van der Waals surface area contributed by atoms with E-state index in [1.807, 2.05) is 0 Å². The molecule has 8 heteroatoms. The Morgan fingerprint density at radius 3 is 2.70 bits per heavy atom. The maximum atomic E-state index is 12.6. The van der Waals surface area contributed by atoms with E-state index in [4.69, 9.17) is 39.5 Å². The third-order valence-electron chi connectivity index (χ3n) is 3.60. The molecule has 0 spiro atoms. The zero-order valence-electron chi connectivity index (χ0n) is 12.3. The van der Waals surface area contributed by atoms with Crippen LogP contribution in [0.15, 0.2) is 23.9 Å². The summed E-state index contributed by atoms with van der Waals surface area (Å²) in [6, 6.07) is 3.26. The van der Waals surface area contributed by atoms with Crippen LogP contribution in [0.3, 0.4) is 0 Å². The summed E-state index contributed by atoms with van der Waals surface area (Å²) in [6.45, 7) is 3.45. The van der Waals surface area contributed by atoms with Gasteiger partial charge in [0.05, 0.1) is 33.7 Å². The minimum Gasteiger partial charge on any atom is -0.460 e. The van der Waals surface area contributed by atoms with Crippen molar-refractivity contribution in [1.82, 2.24) is 9.88 Å². The molecule has 0 aromatic carbocycles. The third kappa shape index (κ3) is 2.51. The number of carbonyl (C=O) groups is 2. The van der Waals surface area contributed by atoms with Crippen LogP contribution in [-0.2, 0) is 9.53 Å². The molecule has 3 rings (SSSR count). The van der Waals surface area contributed by atoms with Crippen LogP contribution in [0, 0.1) is 0 Å². The zero-order valence-corrected chi connectivity index (χ0v) is 14.6. The number of esters is 1. The van der Waals surface area contributed by atoms with Gasteiger partial charge in [-0.1, -0.05) is 11.6 Å². The van der Waals surface area contributed by atoms with Crippen molar-refractivity contribution < 1.29 is 14.3 Å². The van der Waals surface area contributed by atoms with Gasteiger partial charge in [0.2, 0.25) is 0 Å². The number of carbonyl (C=O) groups excluding carboxylic acids is 2. The molecule has 122 valence electrons. The van der Waals surface area contributed by atoms with Crippen molar-refractivity contribution in [3.63, 3.8) is 0 Å². The minimum atomic E-state index is -0.891. The van der Waals surface area contributed by atoms with Gasteiger partial charge in [0, 0.05) is 6.20 Å². The minimum absolute atomic E-state index is 0.114. The Morgan fingerprint density at radius 1 is 1.35 bits per heavy atom. The number of rotatable bonds is 2. The molecule has 1 aromatic heterocycles. The summed E-state index contributed by atoms with van der Waals surface area (Å²) in [5.74, 6) is -0.979. The second-order valence-corrected chi connectivity index (χ2v) is 6.93. The van der Waals surface area contributed by atoms with Gasteiger partial charge < -0.3 is 4.74 Å². The molecule has 2 aliphatic rings. The number of halogens is 3. The monoisotopic (exact) mass is 374 g/mol. The first kappa shape index (κ1) is 16.6. The Hall–Kier alpha value is -1.30. The summed E-state index contributed by atoms with van der Waals surface area (Å²) in [7, 11) is 0. The normalized spacial score (nSPS) is 26.4. The summed E-state index contributed by atoms with van der Waals surface area (Å²) in [5.41, 5.74) is 0.244. The summed E-state index contributed by atoms with van der Waals surface area (Å²) >= 11 is 18.9. The maximum Gasteiger partial charge on any atom is 0.338 e. The lowest BCUT2D eigenvalue weighted by molar-refractivity contribution is -0.142. The fourth-order valence-corrected chi connectivity index (χ4v) is 3.64. The van der Waals surface area contributed by atoms with Crippen molar-refractivity contribution >= 4 is 52.4 Å². The Morgan fingerprint density at radius 2 is 2.04 bits per heavy atom. The predicted octanol–water partition coefficient (Wildman–Crippen LogP) is 2.99. The SMILES string of the molecule is CC(C)OC(=O)C1=C2c3ncccc3C(=O)N2[C@@H](Cl)[C@@H](Cl)[C@@H]1Cl. The van der Waals surface area contributed by atoms with E-state index in [0.29, 0.717) is 11.3 Å². The first-order valence-corrected chi connectivity index (χ1v) is 8.31. The van der Waals surface area contributed by atoms with Crippen molar-refractivity contribution in [2.24, 2.45) is 0 Å². The largest absolute Gasteiger partial charge is 0.460 e. The maximum absolute atomic E-state index is 12.6. The molecule has 1 amide bonds. The fraction of sp³-hybridized carbons (Fsp3) is 0.400. The van der Waals surface area contributed by atoms with Crippen LogP contribution in [0.5, 0.6) is 0 Å². The van der Waals surface area contributed by atoms with Crippen molar-refractivity contribution in [2.75, 3.05) is 0 Å². The van der Waals surface area contributed by atoms with E-state index in [-0.39, 0.29) is 23.3 Å². The number of ether oxygens (including phenoxy) is 1. The molecule has 0 bridgehead atoms. The molecule has 0 unspecified atom stereocenters. The van der Waals surface area contributed by atoms with Crippen LogP contribution in [-0.4, -0.2) is 44.1 Å². The van der Waals surface area contributed by atoms with Gasteiger partial charge in [0.15, 0.2) is 0 Å². The lowest BCUT2D eigenvalue weighted by Crippen LogP contribution is -2.47. The van der Waals surface area contributed by atoms with Crippen LogP contribution in [0.25, 0.3) is 5.70 Å². The number of hydrogen-bond acceptors (Lipinski definition) is 4. The van der Waals surface area contributed by atoms with E-state index in [2.05, 4.69) is 4.98 Å². The smallest absolute Gasteiger partial charge is 0.338 e. The Labute approximate surface area is 148 Å². The van der Waals surface area contributed by atoms with Crippen molar-refractivity contribution in [3.05, 3.63) is 35.2 Å². The van der Waals surface area contributed by atoms with Gasteiger partial charge in [0.1, 0.15) is 11.2 Å². The molecule has 3 atom stereocenters. The van der Waals surface area contributed by atoms with Gasteiger partial charge in [-0.05, 0) is 26.0 Å². The van der Waals surface area contributed by atoms with E-state index in [0.717, 1.165) is 0 Å². The average Bonchev–Trinajstić information content (AvgIpc) is 2.78. The van der Waals surface area contributed by atoms with Crippen molar-refractivity contribution in [1.29, 1.82) is 0 Å². The standard InChI is InChI=1S/C15H13Cl3N2O3/c1-6(2)23-15(22)8-9(16)10(17)13(18)20-12(8)11-7(14(20)21)4-3-5-19-11/h3-6,9-10,13H,1-2H3/t9-,10+,13-/m1/s1. The highest BCUT2D eigenvalue weighted by Crippen LogP contribution is 2.45. The Balaban J connectivity index is 2.23. The molecule has 0 aliphatic carbocycles. The summed E-state index contributed by atoms with van der Waals surface area (Å²) in [5, 5.41) is -1.73. The van der Waals surface area contributed by atoms with Crippen LogP contribution in [0.4, 0.5) is 0 Å². The second-order valence-electron chi connectivity index (χ2n) is 5.51. The topological polar surface area (TPSA) is 59.5 Å². The molecule has 5 nitrogen and oxygen atoms in total. The van der Waals surface area contributed by atoms with Crippen LogP contribution in [0.2, 0.25) is 0 Å². The second kappa shape index (κ2) is 5.96.